The van der Waals surface area contributed by atoms with Crippen molar-refractivity contribution in [1.82, 2.24) is 0 Å². The Labute approximate surface area is 231 Å². The number of furan rings is 1. The second kappa shape index (κ2) is 8.53. The molecule has 3 heteroatoms. The zero-order valence-electron chi connectivity index (χ0n) is 27.3. The molecule has 0 atom stereocenters. The van der Waals surface area contributed by atoms with Gasteiger partial charge in [0.1, 0.15) is 24.0 Å². The molecule has 192 valence electrons. The van der Waals surface area contributed by atoms with E-state index in [0.29, 0.717) is 35.1 Å². The van der Waals surface area contributed by atoms with Crippen LogP contribution in [0.3, 0.4) is 0 Å². The summed E-state index contributed by atoms with van der Waals surface area (Å²) in [7, 11) is 1.97. The average Bonchev–Trinajstić information content (AvgIpc) is 3.59. The second-order valence-electron chi connectivity index (χ2n) is 11.4. The van der Waals surface area contributed by atoms with Crippen LogP contribution in [-0.4, -0.2) is 0 Å². The number of nitrogens with zero attached hydrogens (tertiary/aromatic N) is 1. The van der Waals surface area contributed by atoms with Gasteiger partial charge in [0, 0.05) is 29.8 Å². The minimum atomic E-state index is -2.05. The van der Waals surface area contributed by atoms with Crippen molar-refractivity contribution in [3.63, 3.8) is 0 Å². The van der Waals surface area contributed by atoms with Crippen LogP contribution in [0.25, 0.3) is 44.3 Å². The number of pyridine rings is 1. The van der Waals surface area contributed by atoms with E-state index in [1.165, 1.54) is 6.07 Å². The maximum Gasteiger partial charge on any atom is 0.216 e. The third-order valence-corrected chi connectivity index (χ3v) is 8.18. The van der Waals surface area contributed by atoms with Crippen molar-refractivity contribution >= 4 is 21.9 Å². The maximum absolute atomic E-state index is 16.1. The normalized spacial score (nSPS) is 22.5. The van der Waals surface area contributed by atoms with Gasteiger partial charge in [-0.15, -0.1) is 0 Å². The largest absolute Gasteiger partial charge is 0.454 e. The van der Waals surface area contributed by atoms with E-state index in [9.17, 15) is 1.37 Å². The number of halogens is 1. The molecule has 2 nitrogen and oxygen atoms in total. The van der Waals surface area contributed by atoms with Crippen LogP contribution in [0.4, 0.5) is 4.39 Å². The monoisotopic (exact) mass is 509 g/mol. The number of aromatic nitrogens is 1. The summed E-state index contributed by atoms with van der Waals surface area (Å²) in [6.07, 6.45) is 0.699. The molecule has 0 bridgehead atoms. The van der Waals surface area contributed by atoms with E-state index < -0.39 is 29.9 Å². The fourth-order valence-electron chi connectivity index (χ4n) is 6.40. The Balaban J connectivity index is 1.57. The van der Waals surface area contributed by atoms with Crippen LogP contribution >= 0.6 is 0 Å². The average molecular weight is 510 g/mol. The number of hydrogen-bond donors (Lipinski definition) is 0. The third-order valence-electron chi connectivity index (χ3n) is 8.18. The van der Waals surface area contributed by atoms with Crippen molar-refractivity contribution in [2.24, 2.45) is 12.5 Å². The lowest BCUT2D eigenvalue weighted by Gasteiger charge is -2.19. The van der Waals surface area contributed by atoms with Crippen LogP contribution in [0.15, 0.2) is 65.2 Å². The fraction of sp³-hybridized carbons (Fsp3) is 0.343. The first-order valence-electron chi connectivity index (χ1n) is 16.0. The molecule has 1 fully saturated rings. The molecule has 5 aromatic rings. The minimum absolute atomic E-state index is 0.203. The summed E-state index contributed by atoms with van der Waals surface area (Å²) in [5.41, 5.74) is 4.06. The third kappa shape index (κ3) is 3.62. The van der Waals surface area contributed by atoms with Crippen molar-refractivity contribution in [3.8, 4) is 22.4 Å². The molecular formula is C35H35FNO+. The molecule has 0 N–H and O–H groups in total. The molecule has 2 heterocycles. The van der Waals surface area contributed by atoms with Crippen LogP contribution < -0.4 is 4.57 Å². The Morgan fingerprint density at radius 2 is 1.71 bits per heavy atom. The highest BCUT2D eigenvalue weighted by molar-refractivity contribution is 6.13. The standard InChI is InChI=1S/C35H35FNO/c1-21-12-13-25-26-14-15-29(36)32(34(26)38-33(25)31(21)30-11-7-8-16-37(30)4)23-17-24-19-35(2,3)20-28(24)27(18-23)22-9-5-6-10-22/h7-8,11-18,22H,5-6,9-10,19-20H2,1-4H3/q+1/i19D2,20D2,22D. The molecule has 0 aliphatic heterocycles. The summed E-state index contributed by atoms with van der Waals surface area (Å²) in [4.78, 5) is 0. The Hall–Kier alpha value is -3.46. The molecule has 0 radical (unpaired) electrons. The summed E-state index contributed by atoms with van der Waals surface area (Å²) >= 11 is 0. The first kappa shape index (κ1) is 18.7. The molecule has 3 aromatic carbocycles. The van der Waals surface area contributed by atoms with E-state index in [4.69, 9.17) is 9.90 Å². The summed E-state index contributed by atoms with van der Waals surface area (Å²) in [5.74, 6) is -1.58. The van der Waals surface area contributed by atoms with Crippen molar-refractivity contribution in [2.45, 2.75) is 65.1 Å². The summed E-state index contributed by atoms with van der Waals surface area (Å²) in [6, 6.07) is 16.5. The fourth-order valence-corrected chi connectivity index (χ4v) is 6.40. The van der Waals surface area contributed by atoms with E-state index in [2.05, 4.69) is 0 Å². The molecule has 2 aliphatic rings. The van der Waals surface area contributed by atoms with Gasteiger partial charge in [-0.2, -0.15) is 0 Å². The van der Waals surface area contributed by atoms with Crippen LogP contribution in [0.2, 0.25) is 0 Å². The molecule has 0 saturated heterocycles. The predicted molar refractivity (Wildman–Crippen MR) is 153 cm³/mol. The Kier molecular flexibility index (Phi) is 4.20. The van der Waals surface area contributed by atoms with Crippen LogP contribution in [0.5, 0.6) is 0 Å². The zero-order valence-corrected chi connectivity index (χ0v) is 22.3. The van der Waals surface area contributed by atoms with Gasteiger partial charge in [0.2, 0.25) is 5.69 Å². The SMILES string of the molecule is [2H]C1(c2cc(-c3c(F)ccc4c3oc3c(-c5cccc[n+]5C)c(C)ccc34)cc3c2C([2H])([2H])C(C)(C)C3([2H])[2H])CCCC1. The van der Waals surface area contributed by atoms with Gasteiger partial charge in [0.25, 0.3) is 0 Å². The van der Waals surface area contributed by atoms with E-state index in [0.717, 1.165) is 40.4 Å². The smallest absolute Gasteiger partial charge is 0.216 e. The highest BCUT2D eigenvalue weighted by atomic mass is 19.1. The lowest BCUT2D eigenvalue weighted by Crippen LogP contribution is -2.30. The molecule has 2 aliphatic carbocycles. The molecular weight excluding hydrogens is 469 g/mol. The zero-order chi connectivity index (χ0) is 30.7. The number of hydrogen-bond acceptors (Lipinski definition) is 1. The predicted octanol–water partition coefficient (Wildman–Crippen LogP) is 8.97. The van der Waals surface area contributed by atoms with E-state index in [1.54, 1.807) is 32.0 Å². The van der Waals surface area contributed by atoms with Gasteiger partial charge >= 0.3 is 0 Å². The van der Waals surface area contributed by atoms with Gasteiger partial charge in [0.05, 0.1) is 11.1 Å². The van der Waals surface area contributed by atoms with Crippen molar-refractivity contribution in [1.29, 1.82) is 0 Å². The number of rotatable bonds is 3. The number of fused-ring (bicyclic) bond motifs is 4. The van der Waals surface area contributed by atoms with Gasteiger partial charge in [-0.3, -0.25) is 0 Å². The van der Waals surface area contributed by atoms with Crippen molar-refractivity contribution in [3.05, 3.63) is 88.9 Å². The first-order valence-corrected chi connectivity index (χ1v) is 13.5. The number of benzene rings is 3. The van der Waals surface area contributed by atoms with Crippen molar-refractivity contribution < 1.29 is 20.2 Å². The van der Waals surface area contributed by atoms with Crippen LogP contribution in [0, 0.1) is 18.2 Å². The highest BCUT2D eigenvalue weighted by Crippen LogP contribution is 2.48. The van der Waals surface area contributed by atoms with Gasteiger partial charge in [-0.1, -0.05) is 51.0 Å². The summed E-state index contributed by atoms with van der Waals surface area (Å²) in [5, 5.41) is 1.59. The van der Waals surface area contributed by atoms with Crippen LogP contribution in [-0.2, 0) is 19.8 Å². The molecule has 1 saturated carbocycles. The first-order chi connectivity index (χ1) is 20.2. The quantitative estimate of drug-likeness (QED) is 0.222. The van der Waals surface area contributed by atoms with E-state index in [-0.39, 0.29) is 16.7 Å². The Morgan fingerprint density at radius 3 is 2.47 bits per heavy atom. The molecule has 0 unspecified atom stereocenters. The Bertz CT molecular complexity index is 1970. The number of aryl methyl sites for hydroxylation is 2. The molecule has 0 amide bonds. The molecule has 38 heavy (non-hydrogen) atoms. The minimum Gasteiger partial charge on any atom is -0.454 e. The molecule has 2 aromatic heterocycles. The summed E-state index contributed by atoms with van der Waals surface area (Å²) in [6.45, 7) is 5.24. The molecule has 0 spiro atoms. The van der Waals surface area contributed by atoms with Crippen molar-refractivity contribution in [2.75, 3.05) is 0 Å². The lowest BCUT2D eigenvalue weighted by atomic mass is 9.86. The van der Waals surface area contributed by atoms with Gasteiger partial charge < -0.3 is 4.42 Å². The second-order valence-corrected chi connectivity index (χ2v) is 11.4. The van der Waals surface area contributed by atoms with Gasteiger partial charge in [0.15, 0.2) is 6.20 Å². The lowest BCUT2D eigenvalue weighted by molar-refractivity contribution is -0.660. The van der Waals surface area contributed by atoms with Gasteiger partial charge in [-0.05, 0) is 89.8 Å². The Morgan fingerprint density at radius 1 is 0.974 bits per heavy atom. The van der Waals surface area contributed by atoms with Crippen LogP contribution in [0.1, 0.15) is 74.5 Å². The summed E-state index contributed by atoms with van der Waals surface area (Å²) < 4.78 is 70.7. The van der Waals surface area contributed by atoms with Gasteiger partial charge in [-0.25, -0.2) is 8.96 Å². The molecule has 7 rings (SSSR count). The maximum atomic E-state index is 16.1. The van der Waals surface area contributed by atoms with E-state index >= 15 is 4.39 Å². The van der Waals surface area contributed by atoms with E-state index in [1.807, 2.05) is 55.1 Å². The topological polar surface area (TPSA) is 17.0 Å². The highest BCUT2D eigenvalue weighted by Gasteiger charge is 2.34.